The van der Waals surface area contributed by atoms with Crippen LogP contribution in [0.15, 0.2) is 24.3 Å². The van der Waals surface area contributed by atoms with Gasteiger partial charge in [-0.2, -0.15) is 0 Å². The lowest BCUT2D eigenvalue weighted by Gasteiger charge is -2.54. The molecule has 3 heterocycles. The van der Waals surface area contributed by atoms with Crippen molar-refractivity contribution in [3.05, 3.63) is 35.4 Å². The van der Waals surface area contributed by atoms with Gasteiger partial charge in [0.15, 0.2) is 0 Å². The van der Waals surface area contributed by atoms with Gasteiger partial charge < -0.3 is 13.7 Å². The van der Waals surface area contributed by atoms with Gasteiger partial charge in [0, 0.05) is 5.56 Å². The summed E-state index contributed by atoms with van der Waals surface area (Å²) in [5, 5.41) is 0. The van der Waals surface area contributed by atoms with Crippen molar-refractivity contribution in [2.75, 3.05) is 46.3 Å². The summed E-state index contributed by atoms with van der Waals surface area (Å²) >= 11 is 0. The van der Waals surface area contributed by atoms with Crippen molar-refractivity contribution in [2.45, 2.75) is 40.3 Å². The fraction of sp³-hybridized carbons (Fsp3) is 0.667. The van der Waals surface area contributed by atoms with Gasteiger partial charge in [0.05, 0.1) is 12.6 Å². The Balaban J connectivity index is 1.76. The number of carbonyl (C=O) groups excluding carboxylic acids is 1. The number of ether oxygens (including phenoxy) is 1. The zero-order valence-electron chi connectivity index (χ0n) is 16.5. The largest absolute Gasteiger partial charge is 0.459 e. The second-order valence-corrected chi connectivity index (χ2v) is 9.53. The molecule has 25 heavy (non-hydrogen) atoms. The predicted octanol–water partition coefficient (Wildman–Crippen LogP) is 3.07. The Hall–Kier alpha value is -1.39. The number of piperazine rings is 3. The molecule has 0 aromatic heterocycles. The Morgan fingerprint density at radius 1 is 1.08 bits per heavy atom. The summed E-state index contributed by atoms with van der Waals surface area (Å²) in [4.78, 5) is 12.8. The lowest BCUT2D eigenvalue weighted by Crippen LogP contribution is -2.73. The fourth-order valence-corrected chi connectivity index (χ4v) is 3.89. The first-order valence-electron chi connectivity index (χ1n) is 9.60. The maximum Gasteiger partial charge on any atom is 0.338 e. The van der Waals surface area contributed by atoms with Crippen molar-refractivity contribution < 1.29 is 18.5 Å². The van der Waals surface area contributed by atoms with Gasteiger partial charge in [-0.3, -0.25) is 0 Å². The van der Waals surface area contributed by atoms with E-state index in [1.807, 2.05) is 25.1 Å². The number of nitrogens with zero attached hydrogens (tertiary/aromatic N) is 2. The van der Waals surface area contributed by atoms with Crippen LogP contribution in [0.1, 0.15) is 43.6 Å². The van der Waals surface area contributed by atoms with Gasteiger partial charge in [0.1, 0.15) is 51.9 Å². The molecule has 1 aromatic carbocycles. The average Bonchev–Trinajstić information content (AvgIpc) is 2.56. The van der Waals surface area contributed by atoms with Crippen LogP contribution < -0.4 is 0 Å². The summed E-state index contributed by atoms with van der Waals surface area (Å²) in [7, 11) is 2.38. The number of hydrogen-bond acceptors (Lipinski definition) is 2. The van der Waals surface area contributed by atoms with E-state index in [0.29, 0.717) is 0 Å². The molecule has 0 saturated carbocycles. The van der Waals surface area contributed by atoms with E-state index in [4.69, 9.17) is 4.74 Å². The zero-order chi connectivity index (χ0) is 18.3. The molecule has 0 unspecified atom stereocenters. The van der Waals surface area contributed by atoms with Gasteiger partial charge >= 0.3 is 5.97 Å². The van der Waals surface area contributed by atoms with Gasteiger partial charge in [0.2, 0.25) is 0 Å². The number of carbonyl (C=O) groups is 1. The summed E-state index contributed by atoms with van der Waals surface area (Å²) < 4.78 is 8.14. The van der Waals surface area contributed by atoms with Crippen LogP contribution in [0.5, 0.6) is 0 Å². The first kappa shape index (κ1) is 18.4. The van der Waals surface area contributed by atoms with E-state index in [0.717, 1.165) is 22.2 Å². The standard InChI is InChI=1S/C21H34N2O2/c1-17(21(2,3)4)25-20(24)19-9-7-6-8-18(19)16-23-13-10-22(5,11-14-23)12-15-23/h6-9,17H,10-16H2,1-5H3/q+2/t17-,22?,23?/m1/s1. The molecule has 3 aliphatic heterocycles. The topological polar surface area (TPSA) is 26.3 Å². The van der Waals surface area contributed by atoms with Crippen LogP contribution in [0.4, 0.5) is 0 Å². The molecule has 4 nitrogen and oxygen atoms in total. The Labute approximate surface area is 152 Å². The first-order valence-corrected chi connectivity index (χ1v) is 9.60. The first-order chi connectivity index (χ1) is 11.6. The van der Waals surface area contributed by atoms with Crippen molar-refractivity contribution in [2.24, 2.45) is 5.41 Å². The highest BCUT2D eigenvalue weighted by molar-refractivity contribution is 5.91. The highest BCUT2D eigenvalue weighted by Gasteiger charge is 2.46. The van der Waals surface area contributed by atoms with Gasteiger partial charge in [-0.15, -0.1) is 0 Å². The van der Waals surface area contributed by atoms with E-state index < -0.39 is 0 Å². The number of rotatable bonds is 4. The second-order valence-electron chi connectivity index (χ2n) is 9.53. The van der Waals surface area contributed by atoms with Crippen LogP contribution in [0, 0.1) is 5.41 Å². The molecule has 1 atom stereocenters. The lowest BCUT2D eigenvalue weighted by atomic mass is 9.90. The fourth-order valence-electron chi connectivity index (χ4n) is 3.89. The van der Waals surface area contributed by atoms with E-state index >= 15 is 0 Å². The molecule has 4 heteroatoms. The Bertz CT molecular complexity index is 623. The van der Waals surface area contributed by atoms with Crippen molar-refractivity contribution in [3.63, 3.8) is 0 Å². The van der Waals surface area contributed by atoms with Gasteiger partial charge in [-0.25, -0.2) is 4.79 Å². The van der Waals surface area contributed by atoms with Gasteiger partial charge in [0.25, 0.3) is 0 Å². The number of esters is 1. The molecule has 3 fully saturated rings. The molecule has 1 aromatic rings. The van der Waals surface area contributed by atoms with E-state index in [2.05, 4.69) is 33.9 Å². The molecule has 0 radical (unpaired) electrons. The molecule has 4 rings (SSSR count). The SMILES string of the molecule is C[C@@H](OC(=O)c1ccccc1C[N+]12CC[N+](C)(CC1)CC2)C(C)(C)C. The molecule has 138 valence electrons. The van der Waals surface area contributed by atoms with Crippen molar-refractivity contribution >= 4 is 5.97 Å². The predicted molar refractivity (Wildman–Crippen MR) is 100 cm³/mol. The quantitative estimate of drug-likeness (QED) is 0.619. The smallest absolute Gasteiger partial charge is 0.338 e. The summed E-state index contributed by atoms with van der Waals surface area (Å²) in [5.74, 6) is -0.175. The van der Waals surface area contributed by atoms with Crippen molar-refractivity contribution in [1.82, 2.24) is 0 Å². The minimum atomic E-state index is -0.175. The maximum atomic E-state index is 12.8. The van der Waals surface area contributed by atoms with E-state index in [-0.39, 0.29) is 17.5 Å². The molecule has 3 aliphatic rings. The van der Waals surface area contributed by atoms with Crippen LogP contribution in [0.3, 0.4) is 0 Å². The third kappa shape index (κ3) is 3.90. The summed E-state index contributed by atoms with van der Waals surface area (Å²) in [6, 6.07) is 8.04. The molecule has 2 bridgehead atoms. The highest BCUT2D eigenvalue weighted by atomic mass is 16.5. The Kier molecular flexibility index (Phi) is 4.71. The van der Waals surface area contributed by atoms with Crippen LogP contribution in [-0.4, -0.2) is 67.4 Å². The van der Waals surface area contributed by atoms with Crippen LogP contribution in [-0.2, 0) is 11.3 Å². The van der Waals surface area contributed by atoms with E-state index in [9.17, 15) is 4.79 Å². The minimum Gasteiger partial charge on any atom is -0.459 e. The second kappa shape index (κ2) is 6.40. The summed E-state index contributed by atoms with van der Waals surface area (Å²) in [6.07, 6.45) is -0.108. The van der Waals surface area contributed by atoms with Crippen molar-refractivity contribution in [1.29, 1.82) is 0 Å². The van der Waals surface area contributed by atoms with E-state index in [1.165, 1.54) is 43.8 Å². The Morgan fingerprint density at radius 3 is 2.20 bits per heavy atom. The van der Waals surface area contributed by atoms with Crippen molar-refractivity contribution in [3.8, 4) is 0 Å². The van der Waals surface area contributed by atoms with Gasteiger partial charge in [-0.05, 0) is 18.4 Å². The zero-order valence-corrected chi connectivity index (χ0v) is 16.5. The molecular formula is C21H34N2O2+2. The molecule has 0 amide bonds. The van der Waals surface area contributed by atoms with Gasteiger partial charge in [-0.1, -0.05) is 39.0 Å². The number of quaternary nitrogens is 2. The molecule has 3 saturated heterocycles. The number of fused-ring (bicyclic) bond motifs is 3. The summed E-state index contributed by atoms with van der Waals surface area (Å²) in [5.41, 5.74) is 1.85. The van der Waals surface area contributed by atoms with Crippen LogP contribution >= 0.6 is 0 Å². The number of likely N-dealkylation sites (N-methyl/N-ethyl adjacent to an activating group) is 1. The Morgan fingerprint density at radius 2 is 1.64 bits per heavy atom. The maximum absolute atomic E-state index is 12.8. The third-order valence-electron chi connectivity index (χ3n) is 6.59. The minimum absolute atomic E-state index is 0.0472. The molecular weight excluding hydrogens is 312 g/mol. The average molecular weight is 347 g/mol. The normalized spacial score (nSPS) is 30.1. The molecule has 0 spiro atoms. The third-order valence-corrected chi connectivity index (χ3v) is 6.59. The monoisotopic (exact) mass is 346 g/mol. The highest BCUT2D eigenvalue weighted by Crippen LogP contribution is 2.29. The van der Waals surface area contributed by atoms with E-state index in [1.54, 1.807) is 0 Å². The lowest BCUT2D eigenvalue weighted by molar-refractivity contribution is -1.08. The van der Waals surface area contributed by atoms with Crippen LogP contribution in [0.2, 0.25) is 0 Å². The van der Waals surface area contributed by atoms with Crippen LogP contribution in [0.25, 0.3) is 0 Å². The number of benzene rings is 1. The molecule has 0 aliphatic carbocycles. The summed E-state index contributed by atoms with van der Waals surface area (Å²) in [6.45, 7) is 16.7. The number of hydrogen-bond donors (Lipinski definition) is 0. The molecule has 0 N–H and O–H groups in total.